The molecular formula is C20H36N5O5. The molecule has 10 nitrogen and oxygen atoms in total. The van der Waals surface area contributed by atoms with E-state index in [0.717, 1.165) is 13.0 Å². The number of carbonyl (C=O) groups excluding carboxylic acids is 4. The summed E-state index contributed by atoms with van der Waals surface area (Å²) in [5.74, 6) is -1.77. The van der Waals surface area contributed by atoms with Gasteiger partial charge in [-0.25, -0.2) is 0 Å². The molecule has 1 heterocycles. The van der Waals surface area contributed by atoms with Crippen LogP contribution in [0.4, 0.5) is 0 Å². The lowest BCUT2D eigenvalue weighted by Gasteiger charge is -2.28. The summed E-state index contributed by atoms with van der Waals surface area (Å²) in [5.41, 5.74) is 5.43. The summed E-state index contributed by atoms with van der Waals surface area (Å²) in [6.45, 7) is 6.15. The lowest BCUT2D eigenvalue weighted by atomic mass is 10.0. The second-order valence-electron chi connectivity index (χ2n) is 8.07. The largest absolute Gasteiger partial charge is 0.391 e. The minimum absolute atomic E-state index is 0.236. The Morgan fingerprint density at radius 2 is 1.77 bits per heavy atom. The molecule has 10 heteroatoms. The number of hydrogen-bond acceptors (Lipinski definition) is 7. The van der Waals surface area contributed by atoms with Gasteiger partial charge in [-0.05, 0) is 58.0 Å². The van der Waals surface area contributed by atoms with Crippen molar-refractivity contribution in [2.75, 3.05) is 13.1 Å². The second kappa shape index (κ2) is 13.3. The van der Waals surface area contributed by atoms with Crippen molar-refractivity contribution >= 4 is 24.0 Å². The van der Waals surface area contributed by atoms with Gasteiger partial charge in [-0.15, -0.1) is 0 Å². The van der Waals surface area contributed by atoms with Crippen molar-refractivity contribution in [1.29, 1.82) is 0 Å². The maximum Gasteiger partial charge on any atom is 0.245 e. The summed E-state index contributed by atoms with van der Waals surface area (Å²) >= 11 is 0. The van der Waals surface area contributed by atoms with Crippen LogP contribution in [0.15, 0.2) is 0 Å². The number of carbonyl (C=O) groups is 3. The molecule has 1 saturated heterocycles. The summed E-state index contributed by atoms with van der Waals surface area (Å²) in [5, 5.41) is 20.8. The SMILES string of the molecule is CC(C)[C@H](NC(=O)[C@@H]1CCCN1)C(=O)N[C@H](C(=O)N[C@H]([C]=O)CCCCN)[C@@H](C)O. The molecule has 1 aliphatic heterocycles. The fourth-order valence-electron chi connectivity index (χ4n) is 3.26. The molecule has 1 radical (unpaired) electrons. The summed E-state index contributed by atoms with van der Waals surface area (Å²) < 4.78 is 0. The van der Waals surface area contributed by atoms with Crippen molar-refractivity contribution in [3.05, 3.63) is 0 Å². The highest BCUT2D eigenvalue weighted by Crippen LogP contribution is 2.09. The molecule has 0 aromatic rings. The third-order valence-electron chi connectivity index (χ3n) is 5.09. The molecule has 0 bridgehead atoms. The summed E-state index contributed by atoms with van der Waals surface area (Å²) in [6.07, 6.45) is 3.85. The van der Waals surface area contributed by atoms with Crippen LogP contribution in [0.2, 0.25) is 0 Å². The summed E-state index contributed by atoms with van der Waals surface area (Å²) in [4.78, 5) is 48.9. The molecule has 5 atom stereocenters. The van der Waals surface area contributed by atoms with Crippen LogP contribution in [0.3, 0.4) is 0 Å². The first-order valence-electron chi connectivity index (χ1n) is 10.6. The van der Waals surface area contributed by atoms with Crippen molar-refractivity contribution in [2.24, 2.45) is 11.7 Å². The predicted molar refractivity (Wildman–Crippen MR) is 112 cm³/mol. The molecule has 1 rings (SSSR count). The zero-order valence-corrected chi connectivity index (χ0v) is 18.1. The quantitative estimate of drug-likeness (QED) is 0.195. The first kappa shape index (κ1) is 26.0. The van der Waals surface area contributed by atoms with E-state index in [9.17, 15) is 24.3 Å². The maximum atomic E-state index is 12.8. The molecule has 1 fully saturated rings. The van der Waals surface area contributed by atoms with Crippen LogP contribution in [0, 0.1) is 5.92 Å². The van der Waals surface area contributed by atoms with Gasteiger partial charge in [0, 0.05) is 0 Å². The molecule has 0 aliphatic carbocycles. The predicted octanol–water partition coefficient (Wildman–Crippen LogP) is -1.53. The summed E-state index contributed by atoms with van der Waals surface area (Å²) in [6, 6.07) is -3.33. The Morgan fingerprint density at radius 1 is 1.10 bits per heavy atom. The molecule has 7 N–H and O–H groups in total. The van der Waals surface area contributed by atoms with Gasteiger partial charge >= 0.3 is 0 Å². The number of nitrogens with two attached hydrogens (primary N) is 1. The molecule has 0 saturated carbocycles. The summed E-state index contributed by atoms with van der Waals surface area (Å²) in [7, 11) is 0. The molecule has 0 aromatic heterocycles. The van der Waals surface area contributed by atoms with Gasteiger partial charge < -0.3 is 32.1 Å². The van der Waals surface area contributed by atoms with Crippen molar-refractivity contribution in [2.45, 2.75) is 83.1 Å². The Bertz CT molecular complexity index is 578. The van der Waals surface area contributed by atoms with E-state index in [1.54, 1.807) is 20.1 Å². The van der Waals surface area contributed by atoms with Crippen LogP contribution in [-0.2, 0) is 19.2 Å². The number of aliphatic hydroxyl groups is 1. The highest BCUT2D eigenvalue weighted by Gasteiger charge is 2.33. The van der Waals surface area contributed by atoms with E-state index in [0.29, 0.717) is 32.2 Å². The lowest BCUT2D eigenvalue weighted by molar-refractivity contribution is -0.135. The van der Waals surface area contributed by atoms with Gasteiger partial charge in [0.15, 0.2) is 0 Å². The number of nitrogens with one attached hydrogen (secondary N) is 4. The van der Waals surface area contributed by atoms with E-state index in [1.807, 2.05) is 0 Å². The van der Waals surface area contributed by atoms with E-state index in [2.05, 4.69) is 21.3 Å². The fourth-order valence-corrected chi connectivity index (χ4v) is 3.26. The van der Waals surface area contributed by atoms with Gasteiger partial charge in [0.05, 0.1) is 18.2 Å². The monoisotopic (exact) mass is 426 g/mol. The number of unbranched alkanes of at least 4 members (excludes halogenated alkanes) is 1. The molecule has 0 aromatic carbocycles. The smallest absolute Gasteiger partial charge is 0.245 e. The van der Waals surface area contributed by atoms with Gasteiger partial charge in [0.2, 0.25) is 24.0 Å². The third-order valence-corrected chi connectivity index (χ3v) is 5.09. The fraction of sp³-hybridized carbons (Fsp3) is 0.800. The van der Waals surface area contributed by atoms with Crippen molar-refractivity contribution < 1.29 is 24.3 Å². The molecule has 30 heavy (non-hydrogen) atoms. The maximum absolute atomic E-state index is 12.8. The van der Waals surface area contributed by atoms with Crippen LogP contribution in [0.1, 0.15) is 52.9 Å². The first-order valence-corrected chi connectivity index (χ1v) is 10.6. The average Bonchev–Trinajstić information content (AvgIpc) is 3.23. The minimum atomic E-state index is -1.27. The van der Waals surface area contributed by atoms with Crippen LogP contribution >= 0.6 is 0 Å². The van der Waals surface area contributed by atoms with E-state index in [1.165, 1.54) is 6.92 Å². The Hall–Kier alpha value is -2.04. The number of aliphatic hydroxyl groups excluding tert-OH is 1. The van der Waals surface area contributed by atoms with Gasteiger partial charge in [0.1, 0.15) is 12.1 Å². The molecular weight excluding hydrogens is 390 g/mol. The van der Waals surface area contributed by atoms with Gasteiger partial charge in [-0.1, -0.05) is 13.8 Å². The molecule has 171 valence electrons. The van der Waals surface area contributed by atoms with Crippen LogP contribution in [0.25, 0.3) is 0 Å². The van der Waals surface area contributed by atoms with Gasteiger partial charge in [-0.3, -0.25) is 19.2 Å². The minimum Gasteiger partial charge on any atom is -0.391 e. The van der Waals surface area contributed by atoms with E-state index in [-0.39, 0.29) is 17.9 Å². The Morgan fingerprint density at radius 3 is 2.27 bits per heavy atom. The van der Waals surface area contributed by atoms with Gasteiger partial charge in [-0.2, -0.15) is 0 Å². The van der Waals surface area contributed by atoms with Crippen molar-refractivity contribution in [3.63, 3.8) is 0 Å². The van der Waals surface area contributed by atoms with E-state index >= 15 is 0 Å². The highest BCUT2D eigenvalue weighted by atomic mass is 16.3. The lowest BCUT2D eigenvalue weighted by Crippen LogP contribution is -2.60. The zero-order valence-electron chi connectivity index (χ0n) is 18.1. The van der Waals surface area contributed by atoms with E-state index in [4.69, 9.17) is 5.73 Å². The number of hydrogen-bond donors (Lipinski definition) is 6. The van der Waals surface area contributed by atoms with E-state index < -0.39 is 36.0 Å². The van der Waals surface area contributed by atoms with Crippen molar-refractivity contribution in [3.8, 4) is 0 Å². The van der Waals surface area contributed by atoms with Crippen LogP contribution in [0.5, 0.6) is 0 Å². The van der Waals surface area contributed by atoms with Crippen molar-refractivity contribution in [1.82, 2.24) is 21.3 Å². The molecule has 0 spiro atoms. The standard InChI is InChI=1S/C20H36N5O5/c1-12(2)16(24-18(28)15-8-6-10-22-15)19(29)25-17(13(3)27)20(30)23-14(11-26)7-4-5-9-21/h12-17,22,27H,4-10,21H2,1-3H3,(H,23,30)(H,24,28)(H,25,29)/t13-,14+,15+,16+,17+/m1/s1. The normalized spacial score (nSPS) is 20.1. The first-order chi connectivity index (χ1) is 14.2. The Balaban J connectivity index is 2.75. The number of rotatable bonds is 13. The zero-order chi connectivity index (χ0) is 22.7. The van der Waals surface area contributed by atoms with Crippen LogP contribution in [-0.4, -0.2) is 72.5 Å². The number of amides is 3. The Labute approximate surface area is 178 Å². The molecule has 1 aliphatic rings. The highest BCUT2D eigenvalue weighted by molar-refractivity contribution is 5.94. The van der Waals surface area contributed by atoms with Gasteiger partial charge in [0.25, 0.3) is 0 Å². The molecule has 0 unspecified atom stereocenters. The Kier molecular flexibility index (Phi) is 11.5. The average molecular weight is 427 g/mol. The second-order valence-corrected chi connectivity index (χ2v) is 8.07. The molecule has 3 amide bonds. The van der Waals surface area contributed by atoms with Crippen LogP contribution < -0.4 is 27.0 Å². The third kappa shape index (κ3) is 8.37. The topological polar surface area (TPSA) is 163 Å².